The number of amides is 2. The van der Waals surface area contributed by atoms with Gasteiger partial charge in [0, 0.05) is 29.9 Å². The summed E-state index contributed by atoms with van der Waals surface area (Å²) >= 11 is 0. The number of ether oxygens (including phenoxy) is 3. The van der Waals surface area contributed by atoms with E-state index in [9.17, 15) is 9.59 Å². The second kappa shape index (κ2) is 10.1. The van der Waals surface area contributed by atoms with E-state index in [1.54, 1.807) is 43.2 Å². The molecule has 2 amide bonds. The van der Waals surface area contributed by atoms with Crippen molar-refractivity contribution in [1.29, 1.82) is 0 Å². The van der Waals surface area contributed by atoms with E-state index in [2.05, 4.69) is 5.32 Å². The number of carbonyl (C=O) groups excluding carboxylic acids is 2. The number of methoxy groups -OCH3 is 1. The van der Waals surface area contributed by atoms with Gasteiger partial charge in [-0.15, -0.1) is 0 Å². The van der Waals surface area contributed by atoms with Crippen LogP contribution in [0.1, 0.15) is 18.1 Å². The van der Waals surface area contributed by atoms with E-state index in [1.165, 1.54) is 0 Å². The van der Waals surface area contributed by atoms with Gasteiger partial charge in [0.2, 0.25) is 0 Å². The number of anilines is 1. The van der Waals surface area contributed by atoms with Crippen LogP contribution in [0.3, 0.4) is 0 Å². The van der Waals surface area contributed by atoms with E-state index in [0.29, 0.717) is 30.3 Å². The number of fused-ring (bicyclic) bond motifs is 1. The predicted molar refractivity (Wildman–Crippen MR) is 124 cm³/mol. The highest BCUT2D eigenvalue weighted by molar-refractivity contribution is 5.92. The molecule has 170 valence electrons. The fourth-order valence-electron chi connectivity index (χ4n) is 3.71. The molecule has 0 radical (unpaired) electrons. The third-order valence-corrected chi connectivity index (χ3v) is 5.34. The van der Waals surface area contributed by atoms with Crippen LogP contribution in [0.15, 0.2) is 72.8 Å². The first-order chi connectivity index (χ1) is 16.0. The van der Waals surface area contributed by atoms with Gasteiger partial charge in [0.15, 0.2) is 12.7 Å². The van der Waals surface area contributed by atoms with Gasteiger partial charge in [-0.05, 0) is 43.3 Å². The molecule has 7 heteroatoms. The minimum absolute atomic E-state index is 0.104. The van der Waals surface area contributed by atoms with Crippen LogP contribution in [-0.2, 0) is 22.7 Å². The van der Waals surface area contributed by atoms with Crippen molar-refractivity contribution in [3.63, 3.8) is 0 Å². The van der Waals surface area contributed by atoms with Crippen molar-refractivity contribution in [3.05, 3.63) is 83.9 Å². The van der Waals surface area contributed by atoms with E-state index in [-0.39, 0.29) is 18.4 Å². The summed E-state index contributed by atoms with van der Waals surface area (Å²) in [6.45, 7) is 2.37. The first-order valence-corrected chi connectivity index (χ1v) is 10.7. The highest BCUT2D eigenvalue weighted by Crippen LogP contribution is 2.30. The van der Waals surface area contributed by atoms with Crippen molar-refractivity contribution in [2.75, 3.05) is 19.0 Å². The zero-order valence-electron chi connectivity index (χ0n) is 18.6. The molecule has 3 aromatic rings. The normalized spacial score (nSPS) is 15.2. The molecule has 0 aromatic heterocycles. The van der Waals surface area contributed by atoms with Crippen LogP contribution in [0.2, 0.25) is 0 Å². The van der Waals surface area contributed by atoms with Gasteiger partial charge in [0.25, 0.3) is 11.8 Å². The molecule has 0 spiro atoms. The Balaban J connectivity index is 1.48. The number of benzene rings is 3. The second-order valence-electron chi connectivity index (χ2n) is 7.74. The van der Waals surface area contributed by atoms with Gasteiger partial charge in [-0.3, -0.25) is 9.59 Å². The molecule has 1 aliphatic heterocycles. The minimum atomic E-state index is -0.624. The van der Waals surface area contributed by atoms with Crippen molar-refractivity contribution >= 4 is 17.5 Å². The molecule has 1 unspecified atom stereocenters. The molecule has 1 heterocycles. The number of hydrogen-bond donors (Lipinski definition) is 1. The number of hydrogen-bond acceptors (Lipinski definition) is 5. The Labute approximate surface area is 192 Å². The van der Waals surface area contributed by atoms with Crippen LogP contribution in [0.25, 0.3) is 0 Å². The maximum atomic E-state index is 13.0. The Kier molecular flexibility index (Phi) is 6.78. The smallest absolute Gasteiger partial charge is 0.263 e. The van der Waals surface area contributed by atoms with Crippen LogP contribution in [0.4, 0.5) is 5.69 Å². The lowest BCUT2D eigenvalue weighted by Gasteiger charge is -2.23. The summed E-state index contributed by atoms with van der Waals surface area (Å²) in [6, 6.07) is 22.1. The lowest BCUT2D eigenvalue weighted by molar-refractivity contribution is -0.138. The molecule has 3 aromatic carbocycles. The first kappa shape index (κ1) is 22.2. The molecule has 0 aliphatic carbocycles. The standard InChI is InChI=1S/C26H26N2O5/c1-18-26(30)28(15-19-8-6-7-11-23(19)31-2)16-20-14-21(12-13-24(20)33-18)27-25(29)17-32-22-9-4-3-5-10-22/h3-14,18H,15-17H2,1-2H3,(H,27,29). The van der Waals surface area contributed by atoms with Crippen molar-refractivity contribution < 1.29 is 23.8 Å². The van der Waals surface area contributed by atoms with Crippen molar-refractivity contribution in [2.24, 2.45) is 0 Å². The van der Waals surface area contributed by atoms with Gasteiger partial charge < -0.3 is 24.4 Å². The molecule has 1 aliphatic rings. The molecule has 4 rings (SSSR count). The molecule has 33 heavy (non-hydrogen) atoms. The van der Waals surface area contributed by atoms with Gasteiger partial charge in [-0.1, -0.05) is 36.4 Å². The maximum Gasteiger partial charge on any atom is 0.263 e. The Hall–Kier alpha value is -4.00. The summed E-state index contributed by atoms with van der Waals surface area (Å²) in [5.74, 6) is 1.59. The monoisotopic (exact) mass is 446 g/mol. The van der Waals surface area contributed by atoms with Gasteiger partial charge >= 0.3 is 0 Å². The number of nitrogens with one attached hydrogen (secondary N) is 1. The topological polar surface area (TPSA) is 77.1 Å². The summed E-state index contributed by atoms with van der Waals surface area (Å²) in [5.41, 5.74) is 2.33. The maximum absolute atomic E-state index is 13.0. The summed E-state index contributed by atoms with van der Waals surface area (Å²) < 4.78 is 16.8. The highest BCUT2D eigenvalue weighted by Gasteiger charge is 2.28. The summed E-state index contributed by atoms with van der Waals surface area (Å²) in [6.07, 6.45) is -0.624. The number of rotatable bonds is 7. The molecule has 1 N–H and O–H groups in total. The highest BCUT2D eigenvalue weighted by atomic mass is 16.5. The fraction of sp³-hybridized carbons (Fsp3) is 0.231. The summed E-state index contributed by atoms with van der Waals surface area (Å²) in [5, 5.41) is 2.84. The van der Waals surface area contributed by atoms with Crippen LogP contribution in [-0.4, -0.2) is 36.5 Å². The van der Waals surface area contributed by atoms with Crippen molar-refractivity contribution in [2.45, 2.75) is 26.1 Å². The van der Waals surface area contributed by atoms with Crippen LogP contribution < -0.4 is 19.5 Å². The fourth-order valence-corrected chi connectivity index (χ4v) is 3.71. The second-order valence-corrected chi connectivity index (χ2v) is 7.74. The van der Waals surface area contributed by atoms with E-state index in [0.717, 1.165) is 16.9 Å². The van der Waals surface area contributed by atoms with Crippen molar-refractivity contribution in [1.82, 2.24) is 4.90 Å². The molecule has 0 bridgehead atoms. The van der Waals surface area contributed by atoms with Gasteiger partial charge in [-0.25, -0.2) is 0 Å². The average Bonchev–Trinajstić information content (AvgIpc) is 2.95. The SMILES string of the molecule is COc1ccccc1CN1Cc2cc(NC(=O)COc3ccccc3)ccc2OC(C)C1=O. The zero-order chi connectivity index (χ0) is 23.2. The number of para-hydroxylation sites is 2. The van der Waals surface area contributed by atoms with Gasteiger partial charge in [0.1, 0.15) is 17.2 Å². The third kappa shape index (κ3) is 5.44. The first-order valence-electron chi connectivity index (χ1n) is 10.7. The summed E-state index contributed by atoms with van der Waals surface area (Å²) in [7, 11) is 1.61. The Morgan fingerprint density at radius 2 is 1.85 bits per heavy atom. The molecule has 0 saturated carbocycles. The van der Waals surface area contributed by atoms with E-state index in [4.69, 9.17) is 14.2 Å². The predicted octanol–water partition coefficient (Wildman–Crippen LogP) is 4.02. The van der Waals surface area contributed by atoms with Gasteiger partial charge in [0.05, 0.1) is 7.11 Å². The van der Waals surface area contributed by atoms with E-state index in [1.807, 2.05) is 48.5 Å². The van der Waals surface area contributed by atoms with E-state index < -0.39 is 6.10 Å². The molecule has 1 atom stereocenters. The lowest BCUT2D eigenvalue weighted by atomic mass is 10.1. The average molecular weight is 447 g/mol. The molecule has 0 fully saturated rings. The van der Waals surface area contributed by atoms with Crippen LogP contribution in [0.5, 0.6) is 17.2 Å². The summed E-state index contributed by atoms with van der Waals surface area (Å²) in [4.78, 5) is 27.1. The minimum Gasteiger partial charge on any atom is -0.496 e. The third-order valence-electron chi connectivity index (χ3n) is 5.34. The Morgan fingerprint density at radius 1 is 1.09 bits per heavy atom. The van der Waals surface area contributed by atoms with E-state index >= 15 is 0 Å². The number of nitrogens with zero attached hydrogens (tertiary/aromatic N) is 1. The Morgan fingerprint density at radius 3 is 2.64 bits per heavy atom. The lowest BCUT2D eigenvalue weighted by Crippen LogP contribution is -2.37. The largest absolute Gasteiger partial charge is 0.496 e. The van der Waals surface area contributed by atoms with Crippen LogP contribution >= 0.6 is 0 Å². The van der Waals surface area contributed by atoms with Crippen molar-refractivity contribution in [3.8, 4) is 17.2 Å². The number of carbonyl (C=O) groups is 2. The quantitative estimate of drug-likeness (QED) is 0.593. The molecule has 7 nitrogen and oxygen atoms in total. The zero-order valence-corrected chi connectivity index (χ0v) is 18.6. The molecular formula is C26H26N2O5. The van der Waals surface area contributed by atoms with Crippen LogP contribution in [0, 0.1) is 0 Å². The molecular weight excluding hydrogens is 420 g/mol. The molecule has 0 saturated heterocycles. The Bertz CT molecular complexity index is 1130. The van der Waals surface area contributed by atoms with Gasteiger partial charge in [-0.2, -0.15) is 0 Å².